The molecule has 1 aromatic carbocycles. The zero-order valence-electron chi connectivity index (χ0n) is 12.3. The summed E-state index contributed by atoms with van der Waals surface area (Å²) in [5.41, 5.74) is 2.97. The Morgan fingerprint density at radius 2 is 2.10 bits per heavy atom. The molecule has 0 fully saturated rings. The van der Waals surface area contributed by atoms with Crippen molar-refractivity contribution < 1.29 is 13.2 Å². The third-order valence-electron chi connectivity index (χ3n) is 3.56. The highest BCUT2D eigenvalue weighted by atomic mass is 32.2. The van der Waals surface area contributed by atoms with Crippen molar-refractivity contribution in [1.82, 2.24) is 14.9 Å². The summed E-state index contributed by atoms with van der Waals surface area (Å²) in [4.78, 5) is 12.0. The molecule has 7 heteroatoms. The van der Waals surface area contributed by atoms with Crippen LogP contribution in [-0.2, 0) is 23.0 Å². The second-order valence-corrected chi connectivity index (χ2v) is 7.57. The molecule has 21 heavy (non-hydrogen) atoms. The second kappa shape index (κ2) is 6.55. The van der Waals surface area contributed by atoms with Gasteiger partial charge in [-0.1, -0.05) is 6.07 Å². The van der Waals surface area contributed by atoms with Gasteiger partial charge in [0.2, 0.25) is 10.0 Å². The molecule has 1 aliphatic rings. The van der Waals surface area contributed by atoms with Gasteiger partial charge in [0.25, 0.3) is 5.91 Å². The van der Waals surface area contributed by atoms with Gasteiger partial charge in [-0.2, -0.15) is 0 Å². The van der Waals surface area contributed by atoms with Crippen molar-refractivity contribution in [3.8, 4) is 0 Å². The minimum absolute atomic E-state index is 0.0990. The Morgan fingerprint density at radius 1 is 1.33 bits per heavy atom. The number of hydrogen-bond donors (Lipinski definition) is 2. The molecule has 0 aliphatic carbocycles. The van der Waals surface area contributed by atoms with Crippen molar-refractivity contribution in [1.29, 1.82) is 0 Å². The summed E-state index contributed by atoms with van der Waals surface area (Å²) in [6.07, 6.45) is 0.971. The number of rotatable bonds is 5. The minimum atomic E-state index is -3.28. The van der Waals surface area contributed by atoms with E-state index < -0.39 is 10.0 Å². The van der Waals surface area contributed by atoms with Gasteiger partial charge in [0, 0.05) is 32.7 Å². The highest BCUT2D eigenvalue weighted by Crippen LogP contribution is 2.15. The topological polar surface area (TPSA) is 78.5 Å². The Bertz CT molecular complexity index is 626. The molecule has 0 unspecified atom stereocenters. The molecule has 0 bridgehead atoms. The summed E-state index contributed by atoms with van der Waals surface area (Å²) >= 11 is 0. The first kappa shape index (κ1) is 15.9. The van der Waals surface area contributed by atoms with Crippen molar-refractivity contribution in [2.75, 3.05) is 32.9 Å². The van der Waals surface area contributed by atoms with Gasteiger partial charge in [-0.05, 0) is 36.2 Å². The summed E-state index contributed by atoms with van der Waals surface area (Å²) in [6.45, 7) is 1.83. The summed E-state index contributed by atoms with van der Waals surface area (Å²) in [5, 5.41) is 5.92. The van der Waals surface area contributed by atoms with E-state index in [-0.39, 0.29) is 18.2 Å². The first-order valence-electron chi connectivity index (χ1n) is 6.91. The Morgan fingerprint density at radius 3 is 2.81 bits per heavy atom. The van der Waals surface area contributed by atoms with Crippen molar-refractivity contribution in [3.05, 3.63) is 34.9 Å². The number of nitrogens with one attached hydrogen (secondary N) is 2. The summed E-state index contributed by atoms with van der Waals surface area (Å²) < 4.78 is 24.4. The van der Waals surface area contributed by atoms with Crippen LogP contribution in [0.1, 0.15) is 21.5 Å². The Hall–Kier alpha value is -1.44. The van der Waals surface area contributed by atoms with E-state index in [1.165, 1.54) is 19.7 Å². The fourth-order valence-electron chi connectivity index (χ4n) is 2.20. The molecule has 1 amide bonds. The van der Waals surface area contributed by atoms with Crippen LogP contribution >= 0.6 is 0 Å². The first-order valence-corrected chi connectivity index (χ1v) is 8.52. The number of hydrogen-bond acceptors (Lipinski definition) is 4. The number of sulfonamides is 1. The maximum Gasteiger partial charge on any atom is 0.251 e. The average Bonchev–Trinajstić information content (AvgIpc) is 2.46. The van der Waals surface area contributed by atoms with Crippen LogP contribution < -0.4 is 10.6 Å². The van der Waals surface area contributed by atoms with Crippen LogP contribution in [0.3, 0.4) is 0 Å². The number of nitrogens with zero attached hydrogens (tertiary/aromatic N) is 1. The molecule has 1 heterocycles. The van der Waals surface area contributed by atoms with Crippen molar-refractivity contribution in [3.63, 3.8) is 0 Å². The molecule has 0 spiro atoms. The fourth-order valence-corrected chi connectivity index (χ4v) is 2.93. The lowest BCUT2D eigenvalue weighted by Gasteiger charge is -2.17. The van der Waals surface area contributed by atoms with Crippen molar-refractivity contribution in [2.24, 2.45) is 0 Å². The Kier molecular flexibility index (Phi) is 4.97. The van der Waals surface area contributed by atoms with Gasteiger partial charge in [-0.15, -0.1) is 0 Å². The summed E-state index contributed by atoms with van der Waals surface area (Å²) in [6, 6.07) is 5.64. The van der Waals surface area contributed by atoms with E-state index in [4.69, 9.17) is 0 Å². The Balaban J connectivity index is 1.95. The van der Waals surface area contributed by atoms with Crippen molar-refractivity contribution >= 4 is 15.9 Å². The van der Waals surface area contributed by atoms with E-state index >= 15 is 0 Å². The van der Waals surface area contributed by atoms with E-state index in [0.29, 0.717) is 5.56 Å². The highest BCUT2D eigenvalue weighted by Gasteiger charge is 2.15. The molecule has 0 saturated heterocycles. The minimum Gasteiger partial charge on any atom is -0.351 e. The zero-order valence-corrected chi connectivity index (χ0v) is 13.2. The smallest absolute Gasteiger partial charge is 0.251 e. The van der Waals surface area contributed by atoms with E-state index in [1.54, 1.807) is 6.07 Å². The molecular formula is C14H21N3O3S. The number of carbonyl (C=O) groups excluding carboxylic acids is 1. The standard InChI is InChI=1S/C14H21N3O3S/c1-17(2)21(19,20)8-7-16-14(18)12-4-3-11-5-6-15-10-13(11)9-12/h3-4,9,15H,5-8,10H2,1-2H3,(H,16,18). The number of carbonyl (C=O) groups is 1. The lowest BCUT2D eigenvalue weighted by Crippen LogP contribution is -2.34. The molecule has 116 valence electrons. The summed E-state index contributed by atoms with van der Waals surface area (Å²) in [5.74, 6) is -0.338. The van der Waals surface area contributed by atoms with E-state index in [9.17, 15) is 13.2 Å². The van der Waals surface area contributed by atoms with Crippen LogP contribution in [0.15, 0.2) is 18.2 Å². The number of fused-ring (bicyclic) bond motifs is 1. The van der Waals surface area contributed by atoms with E-state index in [0.717, 1.165) is 29.4 Å². The van der Waals surface area contributed by atoms with Gasteiger partial charge in [0.15, 0.2) is 0 Å². The number of amides is 1. The van der Waals surface area contributed by atoms with Gasteiger partial charge in [-0.3, -0.25) is 4.79 Å². The van der Waals surface area contributed by atoms with Crippen LogP contribution in [0.2, 0.25) is 0 Å². The third-order valence-corrected chi connectivity index (χ3v) is 5.39. The molecule has 0 atom stereocenters. The molecule has 1 aliphatic heterocycles. The van der Waals surface area contributed by atoms with Gasteiger partial charge >= 0.3 is 0 Å². The monoisotopic (exact) mass is 311 g/mol. The second-order valence-electron chi connectivity index (χ2n) is 5.26. The molecule has 2 rings (SSSR count). The van der Waals surface area contributed by atoms with Gasteiger partial charge in [0.1, 0.15) is 0 Å². The normalized spacial score (nSPS) is 14.8. The maximum atomic E-state index is 12.0. The SMILES string of the molecule is CN(C)S(=O)(=O)CCNC(=O)c1ccc2c(c1)CNCC2. The maximum absolute atomic E-state index is 12.0. The molecule has 2 N–H and O–H groups in total. The third kappa shape index (κ3) is 4.03. The zero-order chi connectivity index (χ0) is 15.5. The lowest BCUT2D eigenvalue weighted by atomic mass is 9.98. The van der Waals surface area contributed by atoms with Crippen molar-refractivity contribution in [2.45, 2.75) is 13.0 Å². The van der Waals surface area contributed by atoms with Gasteiger partial charge in [0.05, 0.1) is 5.75 Å². The fraction of sp³-hybridized carbons (Fsp3) is 0.500. The van der Waals surface area contributed by atoms with Crippen LogP contribution in [0.5, 0.6) is 0 Å². The largest absolute Gasteiger partial charge is 0.351 e. The predicted molar refractivity (Wildman–Crippen MR) is 81.7 cm³/mol. The summed E-state index contributed by atoms with van der Waals surface area (Å²) in [7, 11) is -0.322. The Labute approximate surface area is 125 Å². The van der Waals surface area contributed by atoms with Crippen LogP contribution in [-0.4, -0.2) is 51.6 Å². The highest BCUT2D eigenvalue weighted by molar-refractivity contribution is 7.89. The van der Waals surface area contributed by atoms with Gasteiger partial charge in [-0.25, -0.2) is 12.7 Å². The van der Waals surface area contributed by atoms with Crippen LogP contribution in [0.25, 0.3) is 0 Å². The van der Waals surface area contributed by atoms with Crippen LogP contribution in [0.4, 0.5) is 0 Å². The van der Waals surface area contributed by atoms with E-state index in [1.807, 2.05) is 12.1 Å². The molecule has 1 aromatic rings. The molecular weight excluding hydrogens is 290 g/mol. The average molecular weight is 311 g/mol. The van der Waals surface area contributed by atoms with Gasteiger partial charge < -0.3 is 10.6 Å². The molecule has 0 saturated carbocycles. The first-order chi connectivity index (χ1) is 9.90. The lowest BCUT2D eigenvalue weighted by molar-refractivity contribution is 0.0956. The quantitative estimate of drug-likeness (QED) is 0.799. The molecule has 0 aromatic heterocycles. The molecule has 6 nitrogen and oxygen atoms in total. The van der Waals surface area contributed by atoms with E-state index in [2.05, 4.69) is 10.6 Å². The number of benzene rings is 1. The van der Waals surface area contributed by atoms with Crippen LogP contribution in [0, 0.1) is 0 Å². The molecule has 0 radical (unpaired) electrons. The predicted octanol–water partition coefficient (Wildman–Crippen LogP) is -0.0465.